The number of nitrogens with one attached hydrogen (secondary N) is 2. The van der Waals surface area contributed by atoms with Crippen LogP contribution in [-0.4, -0.2) is 24.7 Å². The summed E-state index contributed by atoms with van der Waals surface area (Å²) in [4.78, 5) is 15.2. The number of carbonyl (C=O) groups excluding carboxylic acids is 1. The predicted molar refractivity (Wildman–Crippen MR) is 58.0 cm³/mol. The number of aromatic nitrogens is 1. The van der Waals surface area contributed by atoms with Crippen molar-refractivity contribution in [3.05, 3.63) is 31.0 Å². The molecule has 1 aromatic heterocycles. The summed E-state index contributed by atoms with van der Waals surface area (Å²) in [6.45, 7) is 3.90. The van der Waals surface area contributed by atoms with Crippen LogP contribution in [-0.2, 0) is 0 Å². The molecule has 0 fully saturated rings. The summed E-state index contributed by atoms with van der Waals surface area (Å²) in [6, 6.07) is 3.10. The van der Waals surface area contributed by atoms with E-state index >= 15 is 0 Å². The van der Waals surface area contributed by atoms with Crippen LogP contribution >= 0.6 is 0 Å². The van der Waals surface area contributed by atoms with Crippen molar-refractivity contribution < 1.29 is 9.53 Å². The first-order valence-corrected chi connectivity index (χ1v) is 4.42. The molecule has 0 aliphatic rings. The molecule has 0 radical (unpaired) electrons. The van der Waals surface area contributed by atoms with E-state index in [1.165, 1.54) is 7.11 Å². The number of hydrogen-bond acceptors (Lipinski definition) is 3. The van der Waals surface area contributed by atoms with Crippen LogP contribution in [0.5, 0.6) is 5.88 Å². The lowest BCUT2D eigenvalue weighted by atomic mass is 10.4. The van der Waals surface area contributed by atoms with E-state index in [0.29, 0.717) is 18.1 Å². The third-order valence-electron chi connectivity index (χ3n) is 1.62. The molecule has 0 aromatic carbocycles. The van der Waals surface area contributed by atoms with Crippen LogP contribution in [0.2, 0.25) is 0 Å². The topological polar surface area (TPSA) is 63.2 Å². The van der Waals surface area contributed by atoms with Crippen molar-refractivity contribution >= 4 is 11.7 Å². The number of hydrogen-bond donors (Lipinski definition) is 2. The van der Waals surface area contributed by atoms with Crippen molar-refractivity contribution in [3.63, 3.8) is 0 Å². The number of rotatable bonds is 4. The zero-order valence-corrected chi connectivity index (χ0v) is 8.49. The SMILES string of the molecule is C=CCNC(=O)Nc1cccnc1OC. The number of urea groups is 1. The van der Waals surface area contributed by atoms with Gasteiger partial charge in [0.2, 0.25) is 5.88 Å². The van der Waals surface area contributed by atoms with E-state index in [2.05, 4.69) is 22.2 Å². The molecular formula is C10H13N3O2. The van der Waals surface area contributed by atoms with Gasteiger partial charge in [0, 0.05) is 12.7 Å². The van der Waals surface area contributed by atoms with E-state index in [1.807, 2.05) is 0 Å². The first kappa shape index (κ1) is 11.0. The molecule has 0 spiro atoms. The standard InChI is InChI=1S/C10H13N3O2/c1-3-6-12-10(14)13-8-5-4-7-11-9(8)15-2/h3-5,7H,1,6H2,2H3,(H2,12,13,14). The van der Waals surface area contributed by atoms with Gasteiger partial charge in [0.05, 0.1) is 7.11 Å². The molecule has 0 saturated carbocycles. The second-order valence-corrected chi connectivity index (χ2v) is 2.68. The van der Waals surface area contributed by atoms with E-state index in [9.17, 15) is 4.79 Å². The Bertz CT molecular complexity index is 352. The van der Waals surface area contributed by atoms with Crippen molar-refractivity contribution in [2.24, 2.45) is 0 Å². The van der Waals surface area contributed by atoms with E-state index < -0.39 is 0 Å². The third-order valence-corrected chi connectivity index (χ3v) is 1.62. The normalized spacial score (nSPS) is 9.13. The molecule has 1 aromatic rings. The molecule has 0 bridgehead atoms. The van der Waals surface area contributed by atoms with E-state index in [0.717, 1.165) is 0 Å². The fraction of sp³-hybridized carbons (Fsp3) is 0.200. The largest absolute Gasteiger partial charge is 0.480 e. The number of amides is 2. The highest BCUT2D eigenvalue weighted by Crippen LogP contribution is 2.19. The summed E-state index contributed by atoms with van der Waals surface area (Å²) in [5.74, 6) is 0.381. The second kappa shape index (κ2) is 5.64. The Labute approximate surface area is 88.2 Å². The molecule has 1 rings (SSSR count). The molecule has 1 heterocycles. The maximum absolute atomic E-state index is 11.3. The van der Waals surface area contributed by atoms with E-state index in [4.69, 9.17) is 4.74 Å². The lowest BCUT2D eigenvalue weighted by Crippen LogP contribution is -2.28. The highest BCUT2D eigenvalue weighted by Gasteiger charge is 2.05. The van der Waals surface area contributed by atoms with Crippen LogP contribution in [0.3, 0.4) is 0 Å². The van der Waals surface area contributed by atoms with Crippen LogP contribution in [0.25, 0.3) is 0 Å². The second-order valence-electron chi connectivity index (χ2n) is 2.68. The Morgan fingerprint density at radius 3 is 3.20 bits per heavy atom. The minimum Gasteiger partial charge on any atom is -0.480 e. The van der Waals surface area contributed by atoms with Crippen LogP contribution in [0, 0.1) is 0 Å². The highest BCUT2D eigenvalue weighted by atomic mass is 16.5. The minimum atomic E-state index is -0.318. The van der Waals surface area contributed by atoms with Gasteiger partial charge in [-0.25, -0.2) is 9.78 Å². The zero-order chi connectivity index (χ0) is 11.1. The molecule has 2 amide bonds. The van der Waals surface area contributed by atoms with Crippen LogP contribution in [0.1, 0.15) is 0 Å². The highest BCUT2D eigenvalue weighted by molar-refractivity contribution is 5.90. The van der Waals surface area contributed by atoms with Gasteiger partial charge in [-0.15, -0.1) is 6.58 Å². The van der Waals surface area contributed by atoms with Gasteiger partial charge < -0.3 is 15.4 Å². The smallest absolute Gasteiger partial charge is 0.319 e. The summed E-state index contributed by atoms with van der Waals surface area (Å²) >= 11 is 0. The van der Waals surface area contributed by atoms with Gasteiger partial charge in [-0.1, -0.05) is 6.08 Å². The van der Waals surface area contributed by atoms with Crippen molar-refractivity contribution in [2.45, 2.75) is 0 Å². The number of pyridine rings is 1. The monoisotopic (exact) mass is 207 g/mol. The lowest BCUT2D eigenvalue weighted by molar-refractivity contribution is 0.253. The van der Waals surface area contributed by atoms with Gasteiger partial charge >= 0.3 is 6.03 Å². The Balaban J connectivity index is 2.63. The first-order valence-electron chi connectivity index (χ1n) is 4.42. The first-order chi connectivity index (χ1) is 7.27. The predicted octanol–water partition coefficient (Wildman–Crippen LogP) is 1.40. The Morgan fingerprint density at radius 1 is 1.73 bits per heavy atom. The van der Waals surface area contributed by atoms with Crippen molar-refractivity contribution in [1.29, 1.82) is 0 Å². The van der Waals surface area contributed by atoms with E-state index in [1.54, 1.807) is 24.4 Å². The molecule has 0 unspecified atom stereocenters. The van der Waals surface area contributed by atoms with Crippen molar-refractivity contribution in [1.82, 2.24) is 10.3 Å². The van der Waals surface area contributed by atoms with Gasteiger partial charge in [0.15, 0.2) is 0 Å². The van der Waals surface area contributed by atoms with Gasteiger partial charge in [0.1, 0.15) is 5.69 Å². The number of anilines is 1. The molecule has 5 nitrogen and oxygen atoms in total. The Morgan fingerprint density at radius 2 is 2.53 bits per heavy atom. The number of ether oxygens (including phenoxy) is 1. The summed E-state index contributed by atoms with van der Waals surface area (Å²) in [7, 11) is 1.50. The van der Waals surface area contributed by atoms with Crippen molar-refractivity contribution in [3.8, 4) is 5.88 Å². The molecule has 2 N–H and O–H groups in total. The molecule has 0 atom stereocenters. The number of methoxy groups -OCH3 is 1. The zero-order valence-electron chi connectivity index (χ0n) is 8.49. The molecule has 0 aliphatic heterocycles. The Hall–Kier alpha value is -2.04. The van der Waals surface area contributed by atoms with E-state index in [-0.39, 0.29) is 6.03 Å². The molecule has 80 valence electrons. The number of carbonyl (C=O) groups is 1. The maximum Gasteiger partial charge on any atom is 0.319 e. The van der Waals surface area contributed by atoms with Crippen LogP contribution in [0.4, 0.5) is 10.5 Å². The van der Waals surface area contributed by atoms with Crippen molar-refractivity contribution in [2.75, 3.05) is 19.0 Å². The maximum atomic E-state index is 11.3. The summed E-state index contributed by atoms with van der Waals surface area (Å²) in [6.07, 6.45) is 3.19. The molecular weight excluding hydrogens is 194 g/mol. The van der Waals surface area contributed by atoms with Crippen LogP contribution in [0.15, 0.2) is 31.0 Å². The molecule has 0 saturated heterocycles. The fourth-order valence-electron chi connectivity index (χ4n) is 0.980. The lowest BCUT2D eigenvalue weighted by Gasteiger charge is -2.08. The fourth-order valence-corrected chi connectivity index (χ4v) is 0.980. The quantitative estimate of drug-likeness (QED) is 0.733. The summed E-state index contributed by atoms with van der Waals surface area (Å²) in [5.41, 5.74) is 0.529. The average molecular weight is 207 g/mol. The molecule has 5 heteroatoms. The Kier molecular flexibility index (Phi) is 4.15. The minimum absolute atomic E-state index is 0.318. The third kappa shape index (κ3) is 3.30. The number of nitrogens with zero attached hydrogens (tertiary/aromatic N) is 1. The molecule has 15 heavy (non-hydrogen) atoms. The van der Waals surface area contributed by atoms with Gasteiger partial charge in [0.25, 0.3) is 0 Å². The summed E-state index contributed by atoms with van der Waals surface area (Å²) in [5, 5.41) is 5.19. The summed E-state index contributed by atoms with van der Waals surface area (Å²) < 4.78 is 4.98. The van der Waals surface area contributed by atoms with Crippen LogP contribution < -0.4 is 15.4 Å². The van der Waals surface area contributed by atoms with Gasteiger partial charge in [-0.05, 0) is 12.1 Å². The van der Waals surface area contributed by atoms with Gasteiger partial charge in [-0.2, -0.15) is 0 Å². The average Bonchev–Trinajstić information content (AvgIpc) is 2.27. The molecule has 0 aliphatic carbocycles. The van der Waals surface area contributed by atoms with Gasteiger partial charge in [-0.3, -0.25) is 0 Å².